The number of ether oxygens (including phenoxy) is 1. The van der Waals surface area contributed by atoms with Crippen LogP contribution < -0.4 is 16.0 Å². The average molecular weight is 460 g/mol. The van der Waals surface area contributed by atoms with E-state index in [2.05, 4.69) is 16.0 Å². The normalized spacial score (nSPS) is 11.1. The smallest absolute Gasteiger partial charge is 0.412 e. The summed E-state index contributed by atoms with van der Waals surface area (Å²) in [5.41, 5.74) is 0.847. The Balaban J connectivity index is 1.76. The van der Waals surface area contributed by atoms with Gasteiger partial charge in [0.15, 0.2) is 0 Å². The third kappa shape index (κ3) is 6.19. The van der Waals surface area contributed by atoms with Crippen molar-refractivity contribution >= 4 is 68.0 Å². The van der Waals surface area contributed by atoms with Crippen LogP contribution in [0.3, 0.4) is 0 Å². The summed E-state index contributed by atoms with van der Waals surface area (Å²) >= 11 is 6.84. The number of carbonyl (C=O) groups excluding carboxylic acids is 3. The number of fused-ring (bicyclic) bond motifs is 1. The Labute approximate surface area is 188 Å². The van der Waals surface area contributed by atoms with E-state index < -0.39 is 11.7 Å². The molecule has 0 unspecified atom stereocenters. The van der Waals surface area contributed by atoms with E-state index in [9.17, 15) is 14.4 Å². The molecule has 3 aromatic rings. The zero-order chi connectivity index (χ0) is 22.6. The zero-order valence-electron chi connectivity index (χ0n) is 17.2. The van der Waals surface area contributed by atoms with Gasteiger partial charge in [-0.3, -0.25) is 14.9 Å². The lowest BCUT2D eigenvalue weighted by atomic mass is 10.2. The number of halogens is 1. The van der Waals surface area contributed by atoms with Crippen molar-refractivity contribution in [3.63, 3.8) is 0 Å². The number of rotatable bonds is 5. The minimum atomic E-state index is -0.637. The monoisotopic (exact) mass is 459 g/mol. The van der Waals surface area contributed by atoms with Gasteiger partial charge < -0.3 is 15.4 Å². The largest absolute Gasteiger partial charge is 0.444 e. The van der Waals surface area contributed by atoms with Crippen molar-refractivity contribution in [2.45, 2.75) is 26.4 Å². The van der Waals surface area contributed by atoms with Gasteiger partial charge in [-0.1, -0.05) is 12.1 Å². The van der Waals surface area contributed by atoms with Crippen molar-refractivity contribution in [2.24, 2.45) is 0 Å². The quantitative estimate of drug-likeness (QED) is 0.428. The average Bonchev–Trinajstić information content (AvgIpc) is 3.11. The number of benzene rings is 2. The van der Waals surface area contributed by atoms with Gasteiger partial charge in [-0.25, -0.2) is 4.79 Å². The van der Waals surface area contributed by atoms with Crippen molar-refractivity contribution < 1.29 is 19.1 Å². The lowest BCUT2D eigenvalue weighted by Gasteiger charge is -2.20. The number of para-hydroxylation sites is 2. The minimum absolute atomic E-state index is 0.133. The summed E-state index contributed by atoms with van der Waals surface area (Å²) in [6.45, 7) is 5.32. The Hall–Kier alpha value is -3.10. The molecule has 3 rings (SSSR count). The van der Waals surface area contributed by atoms with Crippen molar-refractivity contribution in [3.05, 3.63) is 53.4 Å². The van der Waals surface area contributed by atoms with Gasteiger partial charge in [-0.2, -0.15) is 0 Å². The summed E-state index contributed by atoms with van der Waals surface area (Å²) < 4.78 is 6.17. The molecule has 0 radical (unpaired) electrons. The molecule has 1 aromatic heterocycles. The molecule has 0 atom stereocenters. The van der Waals surface area contributed by atoms with E-state index in [1.165, 1.54) is 11.3 Å². The molecule has 3 N–H and O–H groups in total. The van der Waals surface area contributed by atoms with Crippen molar-refractivity contribution in [1.82, 2.24) is 0 Å². The molecule has 0 aliphatic heterocycles. The Morgan fingerprint density at radius 3 is 2.29 bits per heavy atom. The van der Waals surface area contributed by atoms with E-state index in [0.717, 1.165) is 10.1 Å². The molecule has 0 saturated heterocycles. The van der Waals surface area contributed by atoms with Crippen molar-refractivity contribution in [3.8, 4) is 0 Å². The second-order valence-corrected chi connectivity index (χ2v) is 9.02. The van der Waals surface area contributed by atoms with E-state index in [-0.39, 0.29) is 17.7 Å². The van der Waals surface area contributed by atoms with Gasteiger partial charge >= 0.3 is 6.09 Å². The van der Waals surface area contributed by atoms with Gasteiger partial charge in [-0.15, -0.1) is 22.9 Å². The van der Waals surface area contributed by atoms with Gasteiger partial charge in [0.2, 0.25) is 5.91 Å². The predicted octanol–water partition coefficient (Wildman–Crippen LogP) is 5.68. The minimum Gasteiger partial charge on any atom is -0.444 e. The third-order valence-corrected chi connectivity index (χ3v) is 5.31. The lowest BCUT2D eigenvalue weighted by molar-refractivity contribution is -0.113. The highest BCUT2D eigenvalue weighted by atomic mass is 35.5. The standard InChI is InChI=1S/C22H22ClN3O4S/c1-22(2,3)30-21(29)26-16-7-5-4-6-15(16)25-20(28)18-11-13-10-14(24-19(27)12-23)8-9-17(13)31-18/h4-11H,12H2,1-3H3,(H,24,27)(H,25,28)(H,26,29). The summed E-state index contributed by atoms with van der Waals surface area (Å²) in [6, 6.07) is 14.0. The molecule has 3 amide bonds. The van der Waals surface area contributed by atoms with E-state index in [4.69, 9.17) is 16.3 Å². The number of carbonyl (C=O) groups is 3. The number of thiophene rings is 1. The van der Waals surface area contributed by atoms with Crippen LogP contribution in [0.2, 0.25) is 0 Å². The van der Waals surface area contributed by atoms with Crippen molar-refractivity contribution in [2.75, 3.05) is 21.8 Å². The fraction of sp³-hybridized carbons (Fsp3) is 0.227. The van der Waals surface area contributed by atoms with Crippen molar-refractivity contribution in [1.29, 1.82) is 0 Å². The molecule has 0 saturated carbocycles. The first-order valence-corrected chi connectivity index (χ1v) is 10.8. The molecule has 0 aliphatic rings. The number of nitrogens with one attached hydrogen (secondary N) is 3. The number of hydrogen-bond acceptors (Lipinski definition) is 5. The Bertz CT molecular complexity index is 1140. The summed E-state index contributed by atoms with van der Waals surface area (Å²) in [6.07, 6.45) is -0.609. The molecule has 9 heteroatoms. The zero-order valence-corrected chi connectivity index (χ0v) is 18.8. The third-order valence-electron chi connectivity index (χ3n) is 3.96. The van der Waals surface area contributed by atoms with Gasteiger partial charge in [0.05, 0.1) is 16.3 Å². The van der Waals surface area contributed by atoms with Crippen LogP contribution in [0.25, 0.3) is 10.1 Å². The first-order valence-electron chi connectivity index (χ1n) is 9.44. The molecule has 162 valence electrons. The molecule has 0 fully saturated rings. The van der Waals surface area contributed by atoms with Crippen LogP contribution in [-0.4, -0.2) is 29.4 Å². The number of alkyl halides is 1. The first kappa shape index (κ1) is 22.6. The van der Waals surface area contributed by atoms with Crippen LogP contribution in [0.1, 0.15) is 30.4 Å². The Morgan fingerprint density at radius 1 is 0.968 bits per heavy atom. The number of hydrogen-bond donors (Lipinski definition) is 3. The van der Waals surface area contributed by atoms with E-state index in [1.54, 1.807) is 63.2 Å². The first-order chi connectivity index (χ1) is 14.6. The highest BCUT2D eigenvalue weighted by Gasteiger charge is 2.18. The SMILES string of the molecule is CC(C)(C)OC(=O)Nc1ccccc1NC(=O)c1cc2cc(NC(=O)CCl)ccc2s1. The van der Waals surface area contributed by atoms with E-state index >= 15 is 0 Å². The Kier molecular flexibility index (Phi) is 6.82. The molecular formula is C22H22ClN3O4S. The molecule has 7 nitrogen and oxygen atoms in total. The highest BCUT2D eigenvalue weighted by Crippen LogP contribution is 2.30. The lowest BCUT2D eigenvalue weighted by Crippen LogP contribution is -2.27. The van der Waals surface area contributed by atoms with Crippen LogP contribution >= 0.6 is 22.9 Å². The molecule has 0 bridgehead atoms. The molecule has 2 aromatic carbocycles. The molecule has 31 heavy (non-hydrogen) atoms. The second kappa shape index (κ2) is 9.36. The van der Waals surface area contributed by atoms with Gasteiger partial charge in [-0.05, 0) is 62.6 Å². The maximum absolute atomic E-state index is 12.8. The summed E-state index contributed by atoms with van der Waals surface area (Å²) in [4.78, 5) is 36.9. The molecule has 0 spiro atoms. The van der Waals surface area contributed by atoms with E-state index in [1.807, 2.05) is 6.07 Å². The summed E-state index contributed by atoms with van der Waals surface area (Å²) in [5, 5.41) is 8.99. The number of anilines is 3. The molecule has 0 aliphatic carbocycles. The molecule has 1 heterocycles. The van der Waals surface area contributed by atoms with Gasteiger partial charge in [0.25, 0.3) is 5.91 Å². The fourth-order valence-electron chi connectivity index (χ4n) is 2.73. The fourth-order valence-corrected chi connectivity index (χ4v) is 3.73. The highest BCUT2D eigenvalue weighted by molar-refractivity contribution is 7.20. The topological polar surface area (TPSA) is 96.5 Å². The maximum Gasteiger partial charge on any atom is 0.412 e. The maximum atomic E-state index is 12.8. The van der Waals surface area contributed by atoms with Crippen LogP contribution in [0, 0.1) is 0 Å². The van der Waals surface area contributed by atoms with Crippen LogP contribution in [0.5, 0.6) is 0 Å². The summed E-state index contributed by atoms with van der Waals surface area (Å²) in [7, 11) is 0. The predicted molar refractivity (Wildman–Crippen MR) is 125 cm³/mol. The number of amides is 3. The Morgan fingerprint density at radius 2 is 1.65 bits per heavy atom. The van der Waals surface area contributed by atoms with Crippen LogP contribution in [0.15, 0.2) is 48.5 Å². The van der Waals surface area contributed by atoms with Gasteiger partial charge in [0, 0.05) is 10.4 Å². The van der Waals surface area contributed by atoms with Gasteiger partial charge in [0.1, 0.15) is 11.5 Å². The summed E-state index contributed by atoms with van der Waals surface area (Å²) in [5.74, 6) is -0.749. The second-order valence-electron chi connectivity index (χ2n) is 7.67. The van der Waals surface area contributed by atoms with Crippen LogP contribution in [0.4, 0.5) is 21.9 Å². The molecular weight excluding hydrogens is 438 g/mol. The van der Waals surface area contributed by atoms with Crippen LogP contribution in [-0.2, 0) is 9.53 Å². The van der Waals surface area contributed by atoms with E-state index in [0.29, 0.717) is 21.9 Å².